The van der Waals surface area contributed by atoms with Crippen LogP contribution in [0.3, 0.4) is 0 Å². The highest BCUT2D eigenvalue weighted by atomic mass is 19.4. The molecule has 1 heterocycles. The van der Waals surface area contributed by atoms with Crippen LogP contribution < -0.4 is 11.1 Å². The second-order valence-corrected chi connectivity index (χ2v) is 4.89. The number of nitrogens with zero attached hydrogens (tertiary/aromatic N) is 1. The maximum absolute atomic E-state index is 12.4. The molecule has 134 valence electrons. The normalized spacial score (nSPS) is 19.5. The number of aliphatic hydroxyl groups excluding tert-OH is 1. The molecule has 0 fully saturated rings. The predicted molar refractivity (Wildman–Crippen MR) is 84.0 cm³/mol. The van der Waals surface area contributed by atoms with Gasteiger partial charge < -0.3 is 16.2 Å². The quantitative estimate of drug-likeness (QED) is 0.665. The number of nitrogens with two attached hydrogens (primary N) is 1. The summed E-state index contributed by atoms with van der Waals surface area (Å²) in [7, 11) is 0. The van der Waals surface area contributed by atoms with Crippen LogP contribution in [0.15, 0.2) is 17.3 Å². The maximum atomic E-state index is 12.4. The Bertz CT molecular complexity index is 423. The Morgan fingerprint density at radius 2 is 2.09 bits per heavy atom. The van der Waals surface area contributed by atoms with Crippen LogP contribution in [-0.4, -0.2) is 41.6 Å². The molecule has 23 heavy (non-hydrogen) atoms. The number of halogens is 3. The van der Waals surface area contributed by atoms with Crippen molar-refractivity contribution >= 4 is 11.6 Å². The lowest BCUT2D eigenvalue weighted by Crippen LogP contribution is -2.50. The third-order valence-electron chi connectivity index (χ3n) is 3.32. The summed E-state index contributed by atoms with van der Waals surface area (Å²) in [6.45, 7) is 5.53. The van der Waals surface area contributed by atoms with E-state index in [1.54, 1.807) is 6.08 Å². The number of hydrogen-bond acceptors (Lipinski definition) is 4. The number of aliphatic hydroxyl groups is 1. The number of rotatable bonds is 7. The summed E-state index contributed by atoms with van der Waals surface area (Å²) in [6.07, 6.45) is -3.19. The molecular formula is C15H26F3N3O2. The second kappa shape index (κ2) is 10.4. The molecule has 0 radical (unpaired) electrons. The van der Waals surface area contributed by atoms with Crippen LogP contribution >= 0.6 is 0 Å². The van der Waals surface area contributed by atoms with Gasteiger partial charge in [0.05, 0.1) is 18.3 Å². The van der Waals surface area contributed by atoms with Gasteiger partial charge in [-0.05, 0) is 12.8 Å². The van der Waals surface area contributed by atoms with Crippen LogP contribution in [0.2, 0.25) is 0 Å². The van der Waals surface area contributed by atoms with E-state index in [1.165, 1.54) is 6.20 Å². The van der Waals surface area contributed by atoms with Crippen molar-refractivity contribution in [2.75, 3.05) is 6.54 Å². The molecule has 8 heteroatoms. The highest BCUT2D eigenvalue weighted by Gasteiger charge is 2.34. The van der Waals surface area contributed by atoms with Crippen LogP contribution in [0.5, 0.6) is 0 Å². The molecule has 1 aliphatic heterocycles. The molecule has 1 rings (SSSR count). The molecule has 5 nitrogen and oxygen atoms in total. The number of allylic oxidation sites excluding steroid dienone is 1. The van der Waals surface area contributed by atoms with Crippen LogP contribution in [0.1, 0.15) is 40.0 Å². The van der Waals surface area contributed by atoms with E-state index in [1.807, 2.05) is 20.8 Å². The average molecular weight is 337 g/mol. The molecule has 0 bridgehead atoms. The van der Waals surface area contributed by atoms with Crippen molar-refractivity contribution in [3.63, 3.8) is 0 Å². The SMILES string of the molecule is CC.CCC1C=CN=C1C(O)C(CCC(F)(F)F)NC(=O)CN. The Hall–Kier alpha value is -1.41. The van der Waals surface area contributed by atoms with Gasteiger partial charge in [-0.15, -0.1) is 0 Å². The van der Waals surface area contributed by atoms with Gasteiger partial charge in [0.1, 0.15) is 6.10 Å². The highest BCUT2D eigenvalue weighted by Crippen LogP contribution is 2.25. The third-order valence-corrected chi connectivity index (χ3v) is 3.32. The number of carbonyl (C=O) groups is 1. The topological polar surface area (TPSA) is 87.7 Å². The Labute approximate surface area is 134 Å². The Balaban J connectivity index is 0.00000232. The Morgan fingerprint density at radius 3 is 2.57 bits per heavy atom. The average Bonchev–Trinajstić information content (AvgIpc) is 3.00. The standard InChI is InChI=1S/C13H20F3N3O2.C2H6/c1-2-8-4-6-18-11(8)12(21)9(19-10(20)7-17)3-5-13(14,15)16;1-2/h4,6,8-9,12,21H,2-3,5,7,17H2,1H3,(H,19,20);1-2H3. The van der Waals surface area contributed by atoms with E-state index in [0.717, 1.165) is 0 Å². The first-order valence-corrected chi connectivity index (χ1v) is 7.77. The van der Waals surface area contributed by atoms with Crippen molar-refractivity contribution in [3.05, 3.63) is 12.3 Å². The van der Waals surface area contributed by atoms with Crippen LogP contribution in [0.25, 0.3) is 0 Å². The van der Waals surface area contributed by atoms with Crippen LogP contribution in [-0.2, 0) is 4.79 Å². The molecule has 3 atom stereocenters. The van der Waals surface area contributed by atoms with Gasteiger partial charge in [-0.3, -0.25) is 9.79 Å². The van der Waals surface area contributed by atoms with E-state index in [-0.39, 0.29) is 12.5 Å². The first kappa shape index (κ1) is 21.6. The van der Waals surface area contributed by atoms with Gasteiger partial charge in [0.15, 0.2) is 0 Å². The maximum Gasteiger partial charge on any atom is 0.389 e. The molecule has 0 aromatic carbocycles. The molecule has 4 N–H and O–H groups in total. The summed E-state index contributed by atoms with van der Waals surface area (Å²) in [5, 5.41) is 12.6. The summed E-state index contributed by atoms with van der Waals surface area (Å²) in [5.41, 5.74) is 5.53. The summed E-state index contributed by atoms with van der Waals surface area (Å²) in [5.74, 6) is -0.732. The van der Waals surface area contributed by atoms with Crippen LogP contribution in [0.4, 0.5) is 13.2 Å². The zero-order valence-corrected chi connectivity index (χ0v) is 13.7. The minimum absolute atomic E-state index is 0.122. The highest BCUT2D eigenvalue weighted by molar-refractivity contribution is 5.95. The van der Waals surface area contributed by atoms with Gasteiger partial charge in [0.2, 0.25) is 5.91 Å². The van der Waals surface area contributed by atoms with Gasteiger partial charge >= 0.3 is 6.18 Å². The van der Waals surface area contributed by atoms with Gasteiger partial charge in [0.25, 0.3) is 0 Å². The molecule has 3 unspecified atom stereocenters. The minimum atomic E-state index is -4.36. The third kappa shape index (κ3) is 7.60. The monoisotopic (exact) mass is 337 g/mol. The largest absolute Gasteiger partial charge is 0.389 e. The fourth-order valence-corrected chi connectivity index (χ4v) is 2.17. The molecule has 1 amide bonds. The van der Waals surface area contributed by atoms with Gasteiger partial charge in [-0.25, -0.2) is 0 Å². The molecule has 0 spiro atoms. The molecule has 0 saturated heterocycles. The van der Waals surface area contributed by atoms with Gasteiger partial charge in [-0.2, -0.15) is 13.2 Å². The smallest absolute Gasteiger partial charge is 0.385 e. The number of amides is 1. The number of nitrogens with one attached hydrogen (secondary N) is 1. The van der Waals surface area contributed by atoms with E-state index in [9.17, 15) is 23.1 Å². The molecule has 0 saturated carbocycles. The first-order valence-electron chi connectivity index (χ1n) is 7.77. The van der Waals surface area contributed by atoms with Crippen molar-refractivity contribution in [2.24, 2.45) is 16.6 Å². The molecule has 1 aliphatic rings. The molecule has 0 aliphatic carbocycles. The van der Waals surface area contributed by atoms with E-state index in [4.69, 9.17) is 5.73 Å². The van der Waals surface area contributed by atoms with E-state index < -0.39 is 37.1 Å². The summed E-state index contributed by atoms with van der Waals surface area (Å²) >= 11 is 0. The van der Waals surface area contributed by atoms with Crippen molar-refractivity contribution in [3.8, 4) is 0 Å². The second-order valence-electron chi connectivity index (χ2n) is 4.89. The molecule has 0 aromatic rings. The number of alkyl halides is 3. The zero-order chi connectivity index (χ0) is 18.0. The summed E-state index contributed by atoms with van der Waals surface area (Å²) in [4.78, 5) is 15.3. The zero-order valence-electron chi connectivity index (χ0n) is 13.7. The fraction of sp³-hybridized carbons (Fsp3) is 0.733. The Morgan fingerprint density at radius 1 is 1.48 bits per heavy atom. The van der Waals surface area contributed by atoms with Gasteiger partial charge in [-0.1, -0.05) is 26.8 Å². The molecular weight excluding hydrogens is 311 g/mol. The van der Waals surface area contributed by atoms with Crippen molar-refractivity contribution in [2.45, 2.75) is 58.4 Å². The number of hydrogen-bond donors (Lipinski definition) is 3. The minimum Gasteiger partial charge on any atom is -0.385 e. The number of aliphatic imine (C=N–C) groups is 1. The van der Waals surface area contributed by atoms with Crippen molar-refractivity contribution < 1.29 is 23.1 Å². The van der Waals surface area contributed by atoms with E-state index >= 15 is 0 Å². The lowest BCUT2D eigenvalue weighted by atomic mass is 9.91. The lowest BCUT2D eigenvalue weighted by Gasteiger charge is -2.26. The first-order chi connectivity index (χ1) is 10.8. The predicted octanol–water partition coefficient (Wildman–Crippen LogP) is 2.15. The van der Waals surface area contributed by atoms with Crippen molar-refractivity contribution in [1.29, 1.82) is 0 Å². The summed E-state index contributed by atoms with van der Waals surface area (Å²) in [6, 6.07) is -1.06. The van der Waals surface area contributed by atoms with Crippen molar-refractivity contribution in [1.82, 2.24) is 5.32 Å². The lowest BCUT2D eigenvalue weighted by molar-refractivity contribution is -0.139. The van der Waals surface area contributed by atoms with Crippen LogP contribution in [0, 0.1) is 5.92 Å². The Kier molecular flexibility index (Phi) is 9.74. The van der Waals surface area contributed by atoms with E-state index in [0.29, 0.717) is 12.1 Å². The summed E-state index contributed by atoms with van der Waals surface area (Å²) < 4.78 is 37.1. The van der Waals surface area contributed by atoms with Gasteiger partial charge in [0, 0.05) is 18.5 Å². The number of carbonyl (C=O) groups excluding carboxylic acids is 1. The molecule has 0 aromatic heterocycles. The fourth-order valence-electron chi connectivity index (χ4n) is 2.17. The van der Waals surface area contributed by atoms with E-state index in [2.05, 4.69) is 10.3 Å².